The molecule has 0 unspecified atom stereocenters. The highest BCUT2D eigenvalue weighted by Gasteiger charge is 2.06. The normalized spacial score (nSPS) is 10.6. The average Bonchev–Trinajstić information content (AvgIpc) is 2.47. The molecule has 0 heterocycles. The number of hydrogen-bond donors (Lipinski definition) is 1. The molecule has 106 valence electrons. The van der Waals surface area contributed by atoms with Gasteiger partial charge in [0.1, 0.15) is 11.6 Å². The predicted octanol–water partition coefficient (Wildman–Crippen LogP) is 4.11. The van der Waals surface area contributed by atoms with Gasteiger partial charge in [-0.3, -0.25) is 0 Å². The van der Waals surface area contributed by atoms with E-state index in [1.54, 1.807) is 0 Å². The first-order valence-corrected chi connectivity index (χ1v) is 6.54. The van der Waals surface area contributed by atoms with E-state index < -0.39 is 11.6 Å². The Bertz CT molecular complexity index is 572. The zero-order valence-corrected chi connectivity index (χ0v) is 11.3. The van der Waals surface area contributed by atoms with E-state index in [9.17, 15) is 8.78 Å². The van der Waals surface area contributed by atoms with Crippen LogP contribution in [0.25, 0.3) is 0 Å². The molecule has 0 bridgehead atoms. The molecule has 0 radical (unpaired) electrons. The third-order valence-electron chi connectivity index (χ3n) is 2.96. The number of ether oxygens (including phenoxy) is 1. The second-order valence-corrected chi connectivity index (χ2v) is 4.38. The molecule has 4 heteroatoms. The van der Waals surface area contributed by atoms with Crippen LogP contribution in [-0.2, 0) is 17.9 Å². The van der Waals surface area contributed by atoms with Gasteiger partial charge >= 0.3 is 0 Å². The average molecular weight is 277 g/mol. The molecule has 2 aromatic rings. The second kappa shape index (κ2) is 7.01. The standard InChI is InChI=1S/C16H17F2NO/c1-2-20-11-12-5-3-4-6-16(12)19-10-13-9-14(17)7-8-15(13)18/h3-9,19H,2,10-11H2,1H3. The lowest BCUT2D eigenvalue weighted by Gasteiger charge is -2.12. The Labute approximate surface area is 117 Å². The van der Waals surface area contributed by atoms with Gasteiger partial charge < -0.3 is 10.1 Å². The van der Waals surface area contributed by atoms with Gasteiger partial charge in [-0.05, 0) is 31.2 Å². The number of anilines is 1. The Morgan fingerprint density at radius 3 is 2.65 bits per heavy atom. The van der Waals surface area contributed by atoms with Gasteiger partial charge in [0.25, 0.3) is 0 Å². The van der Waals surface area contributed by atoms with E-state index in [-0.39, 0.29) is 6.54 Å². The van der Waals surface area contributed by atoms with Gasteiger partial charge in [-0.1, -0.05) is 18.2 Å². The highest BCUT2D eigenvalue weighted by Crippen LogP contribution is 2.18. The number of hydrogen-bond acceptors (Lipinski definition) is 2. The molecule has 0 aromatic heterocycles. The fraction of sp³-hybridized carbons (Fsp3) is 0.250. The van der Waals surface area contributed by atoms with Crippen molar-refractivity contribution in [1.82, 2.24) is 0 Å². The lowest BCUT2D eigenvalue weighted by Crippen LogP contribution is -2.05. The van der Waals surface area contributed by atoms with Crippen LogP contribution >= 0.6 is 0 Å². The number of benzene rings is 2. The summed E-state index contributed by atoms with van der Waals surface area (Å²) < 4.78 is 32.0. The van der Waals surface area contributed by atoms with Gasteiger partial charge in [-0.25, -0.2) is 8.78 Å². The van der Waals surface area contributed by atoms with Crippen molar-refractivity contribution < 1.29 is 13.5 Å². The zero-order chi connectivity index (χ0) is 14.4. The molecule has 0 aliphatic rings. The van der Waals surface area contributed by atoms with Crippen LogP contribution in [-0.4, -0.2) is 6.61 Å². The fourth-order valence-electron chi connectivity index (χ4n) is 1.90. The summed E-state index contributed by atoms with van der Waals surface area (Å²) in [5.41, 5.74) is 2.16. The molecule has 20 heavy (non-hydrogen) atoms. The highest BCUT2D eigenvalue weighted by molar-refractivity contribution is 5.51. The van der Waals surface area contributed by atoms with Crippen molar-refractivity contribution in [2.45, 2.75) is 20.1 Å². The molecule has 0 amide bonds. The second-order valence-electron chi connectivity index (χ2n) is 4.38. The minimum absolute atomic E-state index is 0.229. The van der Waals surface area contributed by atoms with Crippen LogP contribution in [0.4, 0.5) is 14.5 Å². The van der Waals surface area contributed by atoms with Crippen LogP contribution in [0.1, 0.15) is 18.1 Å². The van der Waals surface area contributed by atoms with Crippen LogP contribution < -0.4 is 5.32 Å². The van der Waals surface area contributed by atoms with Crippen molar-refractivity contribution in [2.24, 2.45) is 0 Å². The number of halogens is 2. The Morgan fingerprint density at radius 1 is 1.05 bits per heavy atom. The summed E-state index contributed by atoms with van der Waals surface area (Å²) in [5.74, 6) is -0.855. The summed E-state index contributed by atoms with van der Waals surface area (Å²) in [4.78, 5) is 0. The van der Waals surface area contributed by atoms with E-state index in [0.717, 1.165) is 23.4 Å². The molecule has 1 N–H and O–H groups in total. The molecule has 0 saturated carbocycles. The predicted molar refractivity (Wildman–Crippen MR) is 75.5 cm³/mol. The van der Waals surface area contributed by atoms with Crippen LogP contribution in [0.5, 0.6) is 0 Å². The van der Waals surface area contributed by atoms with Crippen molar-refractivity contribution >= 4 is 5.69 Å². The van der Waals surface area contributed by atoms with Gasteiger partial charge in [0.15, 0.2) is 0 Å². The molecular weight excluding hydrogens is 260 g/mol. The van der Waals surface area contributed by atoms with E-state index in [4.69, 9.17) is 4.74 Å². The molecule has 0 saturated heterocycles. The van der Waals surface area contributed by atoms with Crippen LogP contribution in [0.3, 0.4) is 0 Å². The highest BCUT2D eigenvalue weighted by atomic mass is 19.1. The summed E-state index contributed by atoms with van der Waals surface area (Å²) in [6.45, 7) is 3.28. The quantitative estimate of drug-likeness (QED) is 0.857. The lowest BCUT2D eigenvalue weighted by atomic mass is 10.1. The van der Waals surface area contributed by atoms with Gasteiger partial charge in [0, 0.05) is 30.0 Å². The third-order valence-corrected chi connectivity index (χ3v) is 2.96. The van der Waals surface area contributed by atoms with Crippen LogP contribution in [0.15, 0.2) is 42.5 Å². The minimum Gasteiger partial charge on any atom is -0.381 e. The van der Waals surface area contributed by atoms with Crippen molar-refractivity contribution in [1.29, 1.82) is 0 Å². The number of rotatable bonds is 6. The number of nitrogens with one attached hydrogen (secondary N) is 1. The van der Waals surface area contributed by atoms with E-state index in [2.05, 4.69) is 5.32 Å². The van der Waals surface area contributed by atoms with Crippen LogP contribution in [0, 0.1) is 11.6 Å². The van der Waals surface area contributed by atoms with Crippen molar-refractivity contribution in [3.63, 3.8) is 0 Å². The first kappa shape index (κ1) is 14.5. The molecule has 2 nitrogen and oxygen atoms in total. The molecule has 2 rings (SSSR count). The molecule has 0 aliphatic carbocycles. The largest absolute Gasteiger partial charge is 0.381 e. The van der Waals surface area contributed by atoms with Crippen molar-refractivity contribution in [2.75, 3.05) is 11.9 Å². The summed E-state index contributed by atoms with van der Waals surface area (Å²) in [6.07, 6.45) is 0. The summed E-state index contributed by atoms with van der Waals surface area (Å²) in [6, 6.07) is 11.1. The first-order chi connectivity index (χ1) is 9.70. The molecule has 0 atom stereocenters. The van der Waals surface area contributed by atoms with Gasteiger partial charge in [-0.15, -0.1) is 0 Å². The maximum absolute atomic E-state index is 13.5. The topological polar surface area (TPSA) is 21.3 Å². The fourth-order valence-corrected chi connectivity index (χ4v) is 1.90. The summed E-state index contributed by atoms with van der Waals surface area (Å²) in [5, 5.41) is 3.12. The van der Waals surface area contributed by atoms with E-state index >= 15 is 0 Å². The maximum Gasteiger partial charge on any atom is 0.128 e. The Kier molecular flexibility index (Phi) is 5.07. The third kappa shape index (κ3) is 3.78. The Morgan fingerprint density at radius 2 is 1.85 bits per heavy atom. The SMILES string of the molecule is CCOCc1ccccc1NCc1cc(F)ccc1F. The molecule has 0 spiro atoms. The molecule has 2 aromatic carbocycles. The first-order valence-electron chi connectivity index (χ1n) is 6.54. The Hall–Kier alpha value is -1.94. The van der Waals surface area contributed by atoms with E-state index in [1.807, 2.05) is 31.2 Å². The minimum atomic E-state index is -0.439. The van der Waals surface area contributed by atoms with Crippen molar-refractivity contribution in [3.8, 4) is 0 Å². The van der Waals surface area contributed by atoms with Gasteiger partial charge in [0.05, 0.1) is 6.61 Å². The van der Waals surface area contributed by atoms with Crippen LogP contribution in [0.2, 0.25) is 0 Å². The van der Waals surface area contributed by atoms with E-state index in [0.29, 0.717) is 18.8 Å². The van der Waals surface area contributed by atoms with Gasteiger partial charge in [-0.2, -0.15) is 0 Å². The summed E-state index contributed by atoms with van der Waals surface area (Å²) >= 11 is 0. The molecular formula is C16H17F2NO. The van der Waals surface area contributed by atoms with Crippen molar-refractivity contribution in [3.05, 3.63) is 65.2 Å². The molecule has 0 fully saturated rings. The zero-order valence-electron chi connectivity index (χ0n) is 11.3. The van der Waals surface area contributed by atoms with Gasteiger partial charge in [0.2, 0.25) is 0 Å². The smallest absolute Gasteiger partial charge is 0.128 e. The molecule has 0 aliphatic heterocycles. The monoisotopic (exact) mass is 277 g/mol. The lowest BCUT2D eigenvalue weighted by molar-refractivity contribution is 0.134. The Balaban J connectivity index is 2.08. The van der Waals surface area contributed by atoms with E-state index in [1.165, 1.54) is 6.07 Å². The maximum atomic E-state index is 13.5. The number of para-hydroxylation sites is 1. The summed E-state index contributed by atoms with van der Waals surface area (Å²) in [7, 11) is 0.